The number of benzene rings is 1. The third-order valence-corrected chi connectivity index (χ3v) is 5.68. The zero-order chi connectivity index (χ0) is 18.2. The molecule has 2 aliphatic rings. The van der Waals surface area contributed by atoms with E-state index in [-0.39, 0.29) is 24.2 Å². The number of carbonyl (C=O) groups is 3. The van der Waals surface area contributed by atoms with E-state index in [0.717, 1.165) is 17.7 Å². The molecule has 1 saturated carbocycles. The monoisotopic (exact) mass is 342 g/mol. The number of hydrogen-bond donors (Lipinski definition) is 1. The molecular weight excluding hydrogens is 316 g/mol. The SMILES string of the molecule is CC(C)[C@@H]1CC[C@@H](C)C[C@]12NC(=O)N(CC(=O)c1ccccc1)C2=O. The van der Waals surface area contributed by atoms with E-state index in [2.05, 4.69) is 26.1 Å². The Balaban J connectivity index is 1.85. The van der Waals surface area contributed by atoms with Gasteiger partial charge in [-0.2, -0.15) is 0 Å². The lowest BCUT2D eigenvalue weighted by atomic mass is 9.65. The Morgan fingerprint density at radius 2 is 1.92 bits per heavy atom. The molecule has 3 atom stereocenters. The largest absolute Gasteiger partial charge is 0.325 e. The molecule has 134 valence electrons. The summed E-state index contributed by atoms with van der Waals surface area (Å²) in [5, 5.41) is 2.97. The van der Waals surface area contributed by atoms with Crippen molar-refractivity contribution in [2.24, 2.45) is 17.8 Å². The van der Waals surface area contributed by atoms with Gasteiger partial charge >= 0.3 is 6.03 Å². The Morgan fingerprint density at radius 1 is 1.24 bits per heavy atom. The molecule has 1 aromatic rings. The van der Waals surface area contributed by atoms with Crippen molar-refractivity contribution in [2.45, 2.75) is 45.6 Å². The van der Waals surface area contributed by atoms with E-state index < -0.39 is 11.6 Å². The van der Waals surface area contributed by atoms with Crippen LogP contribution in [0.5, 0.6) is 0 Å². The predicted molar refractivity (Wildman–Crippen MR) is 95.1 cm³/mol. The molecule has 2 fully saturated rings. The maximum absolute atomic E-state index is 13.2. The van der Waals surface area contributed by atoms with Crippen molar-refractivity contribution < 1.29 is 14.4 Å². The Morgan fingerprint density at radius 3 is 2.56 bits per heavy atom. The highest BCUT2D eigenvalue weighted by Crippen LogP contribution is 2.44. The van der Waals surface area contributed by atoms with Crippen molar-refractivity contribution in [2.75, 3.05) is 6.54 Å². The van der Waals surface area contributed by atoms with Crippen molar-refractivity contribution in [3.63, 3.8) is 0 Å². The Bertz CT molecular complexity index is 685. The van der Waals surface area contributed by atoms with E-state index in [9.17, 15) is 14.4 Å². The molecule has 5 nitrogen and oxygen atoms in total. The number of hydrogen-bond acceptors (Lipinski definition) is 3. The lowest BCUT2D eigenvalue weighted by Gasteiger charge is -2.43. The van der Waals surface area contributed by atoms with Gasteiger partial charge in [0, 0.05) is 5.56 Å². The molecule has 3 amide bonds. The second-order valence-corrected chi connectivity index (χ2v) is 7.82. The molecule has 0 unspecified atom stereocenters. The summed E-state index contributed by atoms with van der Waals surface area (Å²) in [6.45, 7) is 6.12. The van der Waals surface area contributed by atoms with E-state index in [4.69, 9.17) is 0 Å². The van der Waals surface area contributed by atoms with Crippen LogP contribution >= 0.6 is 0 Å². The van der Waals surface area contributed by atoms with Crippen LogP contribution in [-0.4, -0.2) is 34.7 Å². The molecule has 1 aliphatic heterocycles. The summed E-state index contributed by atoms with van der Waals surface area (Å²) in [5.41, 5.74) is -0.332. The molecule has 0 bridgehead atoms. The van der Waals surface area contributed by atoms with Crippen LogP contribution < -0.4 is 5.32 Å². The van der Waals surface area contributed by atoms with Gasteiger partial charge in [0.05, 0.1) is 6.54 Å². The Hall–Kier alpha value is -2.17. The summed E-state index contributed by atoms with van der Waals surface area (Å²) < 4.78 is 0. The van der Waals surface area contributed by atoms with Crippen LogP contribution in [0.3, 0.4) is 0 Å². The lowest BCUT2D eigenvalue weighted by molar-refractivity contribution is -0.136. The number of rotatable bonds is 4. The van der Waals surface area contributed by atoms with Crippen LogP contribution in [0.1, 0.15) is 50.4 Å². The van der Waals surface area contributed by atoms with E-state index in [1.165, 1.54) is 0 Å². The van der Waals surface area contributed by atoms with Crippen molar-refractivity contribution in [1.82, 2.24) is 10.2 Å². The maximum atomic E-state index is 13.2. The summed E-state index contributed by atoms with van der Waals surface area (Å²) in [4.78, 5) is 39.3. The topological polar surface area (TPSA) is 66.5 Å². The van der Waals surface area contributed by atoms with Crippen molar-refractivity contribution >= 4 is 17.7 Å². The molecule has 0 radical (unpaired) electrons. The van der Waals surface area contributed by atoms with Gasteiger partial charge in [-0.05, 0) is 30.6 Å². The summed E-state index contributed by atoms with van der Waals surface area (Å²) in [6.07, 6.45) is 2.64. The standard InChI is InChI=1S/C20H26N2O3/c1-13(2)16-10-9-14(3)11-20(16)18(24)22(19(25)21-20)12-17(23)15-7-5-4-6-8-15/h4-8,13-14,16H,9-12H2,1-3H3,(H,21,25)/t14-,16+,20+/m1/s1. The molecule has 1 heterocycles. The minimum absolute atomic E-state index is 0.108. The van der Waals surface area contributed by atoms with Crippen molar-refractivity contribution in [3.05, 3.63) is 35.9 Å². The zero-order valence-corrected chi connectivity index (χ0v) is 15.1. The fourth-order valence-corrected chi connectivity index (χ4v) is 4.45. The molecule has 1 saturated heterocycles. The normalized spacial score (nSPS) is 29.4. The molecule has 5 heteroatoms. The minimum Gasteiger partial charge on any atom is -0.323 e. The molecule has 1 N–H and O–H groups in total. The summed E-state index contributed by atoms with van der Waals surface area (Å²) in [5.74, 6) is 0.334. The first-order valence-corrected chi connectivity index (χ1v) is 9.07. The van der Waals surface area contributed by atoms with Gasteiger partial charge in [0.2, 0.25) is 0 Å². The van der Waals surface area contributed by atoms with E-state index in [1.807, 2.05) is 6.07 Å². The highest BCUT2D eigenvalue weighted by atomic mass is 16.2. The molecule has 1 aliphatic carbocycles. The molecule has 1 aromatic carbocycles. The number of Topliss-reactive ketones (excluding diaryl/α,β-unsaturated/α-hetero) is 1. The maximum Gasteiger partial charge on any atom is 0.325 e. The average Bonchev–Trinajstić information content (AvgIpc) is 2.79. The third kappa shape index (κ3) is 3.08. The molecular formula is C20H26N2O3. The summed E-state index contributed by atoms with van der Waals surface area (Å²) >= 11 is 0. The quantitative estimate of drug-likeness (QED) is 0.675. The summed E-state index contributed by atoms with van der Waals surface area (Å²) in [7, 11) is 0. The first kappa shape index (κ1) is 17.6. The number of amides is 3. The predicted octanol–water partition coefficient (Wildman–Crippen LogP) is 3.25. The first-order valence-electron chi connectivity index (χ1n) is 9.07. The lowest BCUT2D eigenvalue weighted by Crippen LogP contribution is -2.57. The van der Waals surface area contributed by atoms with E-state index >= 15 is 0 Å². The van der Waals surface area contributed by atoms with Crippen LogP contribution in [0.15, 0.2) is 30.3 Å². The van der Waals surface area contributed by atoms with Crippen LogP contribution in [0.25, 0.3) is 0 Å². The zero-order valence-electron chi connectivity index (χ0n) is 15.1. The smallest absolute Gasteiger partial charge is 0.323 e. The molecule has 3 rings (SSSR count). The molecule has 1 spiro atoms. The Kier molecular flexibility index (Phi) is 4.67. The van der Waals surface area contributed by atoms with Crippen LogP contribution in [0.2, 0.25) is 0 Å². The molecule has 25 heavy (non-hydrogen) atoms. The number of nitrogens with one attached hydrogen (secondary N) is 1. The average molecular weight is 342 g/mol. The second-order valence-electron chi connectivity index (χ2n) is 7.82. The first-order chi connectivity index (χ1) is 11.8. The molecule has 0 aromatic heterocycles. The highest BCUT2D eigenvalue weighted by Gasteiger charge is 2.58. The number of urea groups is 1. The van der Waals surface area contributed by atoms with E-state index in [0.29, 0.717) is 23.8 Å². The van der Waals surface area contributed by atoms with Gasteiger partial charge in [-0.25, -0.2) is 4.79 Å². The van der Waals surface area contributed by atoms with Crippen LogP contribution in [0, 0.1) is 17.8 Å². The number of carbonyl (C=O) groups excluding carboxylic acids is 3. The van der Waals surface area contributed by atoms with Gasteiger partial charge in [-0.15, -0.1) is 0 Å². The van der Waals surface area contributed by atoms with E-state index in [1.54, 1.807) is 24.3 Å². The number of ketones is 1. The third-order valence-electron chi connectivity index (χ3n) is 5.68. The highest BCUT2D eigenvalue weighted by molar-refractivity contribution is 6.11. The summed E-state index contributed by atoms with van der Waals surface area (Å²) in [6, 6.07) is 8.35. The Labute approximate surface area is 148 Å². The number of imide groups is 1. The van der Waals surface area contributed by atoms with Gasteiger partial charge in [-0.3, -0.25) is 14.5 Å². The van der Waals surface area contributed by atoms with Crippen molar-refractivity contribution in [3.8, 4) is 0 Å². The van der Waals surface area contributed by atoms with Gasteiger partial charge in [0.15, 0.2) is 5.78 Å². The van der Waals surface area contributed by atoms with Gasteiger partial charge in [0.25, 0.3) is 5.91 Å². The van der Waals surface area contributed by atoms with Gasteiger partial charge < -0.3 is 5.32 Å². The van der Waals surface area contributed by atoms with Gasteiger partial charge in [-0.1, -0.05) is 57.5 Å². The fourth-order valence-electron chi connectivity index (χ4n) is 4.45. The van der Waals surface area contributed by atoms with Crippen LogP contribution in [0.4, 0.5) is 4.79 Å². The van der Waals surface area contributed by atoms with Crippen molar-refractivity contribution in [1.29, 1.82) is 0 Å². The van der Waals surface area contributed by atoms with Crippen LogP contribution in [-0.2, 0) is 4.79 Å². The number of nitrogens with zero attached hydrogens (tertiary/aromatic N) is 1. The minimum atomic E-state index is -0.847. The fraction of sp³-hybridized carbons (Fsp3) is 0.550. The van der Waals surface area contributed by atoms with Gasteiger partial charge in [0.1, 0.15) is 5.54 Å². The second kappa shape index (κ2) is 6.62.